The number of rotatable bonds is 4. The van der Waals surface area contributed by atoms with Crippen molar-refractivity contribution >= 4 is 23.5 Å². The predicted octanol–water partition coefficient (Wildman–Crippen LogP) is 3.46. The molecule has 1 aliphatic rings. The largest absolute Gasteiger partial charge is 0.341 e. The number of carbonyl (C=O) groups is 2. The van der Waals surface area contributed by atoms with E-state index in [1.165, 1.54) is 19.9 Å². The van der Waals surface area contributed by atoms with Gasteiger partial charge in [0.25, 0.3) is 0 Å². The SMILES string of the molecule is CNC(=O)NC(=O)C(CC1CCCC1)c1cccc(Cl)c1. The molecular formula is C16H21ClN2O2. The molecule has 2 N–H and O–H groups in total. The molecule has 1 saturated carbocycles. The summed E-state index contributed by atoms with van der Waals surface area (Å²) in [5, 5.41) is 5.41. The van der Waals surface area contributed by atoms with Gasteiger partial charge in [0.2, 0.25) is 5.91 Å². The Kier molecular flexibility index (Phi) is 5.62. The van der Waals surface area contributed by atoms with Gasteiger partial charge in [0, 0.05) is 12.1 Å². The molecule has 1 atom stereocenters. The standard InChI is InChI=1S/C16H21ClN2O2/c1-18-16(21)19-15(20)14(9-11-5-2-3-6-11)12-7-4-8-13(17)10-12/h4,7-8,10-11,14H,2-3,5-6,9H2,1H3,(H2,18,19,20,21). The normalized spacial score (nSPS) is 16.5. The molecule has 0 spiro atoms. The third kappa shape index (κ3) is 4.46. The van der Waals surface area contributed by atoms with Crippen LogP contribution in [-0.4, -0.2) is 19.0 Å². The number of halogens is 1. The molecule has 0 aromatic heterocycles. The van der Waals surface area contributed by atoms with Crippen molar-refractivity contribution in [2.75, 3.05) is 7.05 Å². The van der Waals surface area contributed by atoms with E-state index >= 15 is 0 Å². The fraction of sp³-hybridized carbons (Fsp3) is 0.500. The van der Waals surface area contributed by atoms with Crippen LogP contribution in [0.1, 0.15) is 43.6 Å². The average molecular weight is 309 g/mol. The minimum Gasteiger partial charge on any atom is -0.341 e. The maximum absolute atomic E-state index is 12.4. The van der Waals surface area contributed by atoms with Gasteiger partial charge < -0.3 is 5.32 Å². The van der Waals surface area contributed by atoms with Gasteiger partial charge in [-0.25, -0.2) is 4.79 Å². The van der Waals surface area contributed by atoms with Crippen LogP contribution >= 0.6 is 11.6 Å². The lowest BCUT2D eigenvalue weighted by Crippen LogP contribution is -2.40. The molecular weight excluding hydrogens is 288 g/mol. The Bertz CT molecular complexity index is 513. The number of nitrogens with one attached hydrogen (secondary N) is 2. The van der Waals surface area contributed by atoms with Crippen molar-refractivity contribution in [3.8, 4) is 0 Å². The van der Waals surface area contributed by atoms with Crippen LogP contribution in [0, 0.1) is 5.92 Å². The van der Waals surface area contributed by atoms with E-state index in [1.54, 1.807) is 6.07 Å². The van der Waals surface area contributed by atoms with Crippen LogP contribution in [0.15, 0.2) is 24.3 Å². The molecule has 0 radical (unpaired) electrons. The van der Waals surface area contributed by atoms with Gasteiger partial charge in [0.05, 0.1) is 5.92 Å². The number of carbonyl (C=O) groups excluding carboxylic acids is 2. The number of hydrogen-bond donors (Lipinski definition) is 2. The summed E-state index contributed by atoms with van der Waals surface area (Å²) in [4.78, 5) is 23.8. The fourth-order valence-corrected chi connectivity index (χ4v) is 3.16. The summed E-state index contributed by atoms with van der Waals surface area (Å²) < 4.78 is 0. The third-order valence-corrected chi connectivity index (χ3v) is 4.31. The first-order valence-corrected chi connectivity index (χ1v) is 7.76. The van der Waals surface area contributed by atoms with E-state index < -0.39 is 6.03 Å². The van der Waals surface area contributed by atoms with Gasteiger partial charge in [-0.1, -0.05) is 49.4 Å². The molecule has 0 saturated heterocycles. The minimum atomic E-state index is -0.474. The second-order valence-corrected chi connectivity index (χ2v) is 6.00. The summed E-state index contributed by atoms with van der Waals surface area (Å²) in [7, 11) is 1.49. The lowest BCUT2D eigenvalue weighted by atomic mass is 9.87. The molecule has 1 fully saturated rings. The van der Waals surface area contributed by atoms with Crippen LogP contribution < -0.4 is 10.6 Å². The van der Waals surface area contributed by atoms with E-state index in [0.717, 1.165) is 24.8 Å². The number of hydrogen-bond acceptors (Lipinski definition) is 2. The zero-order valence-electron chi connectivity index (χ0n) is 12.2. The summed E-state index contributed by atoms with van der Waals surface area (Å²) >= 11 is 6.03. The summed E-state index contributed by atoms with van der Waals surface area (Å²) in [5.74, 6) is -0.0444. The molecule has 4 nitrogen and oxygen atoms in total. The monoisotopic (exact) mass is 308 g/mol. The lowest BCUT2D eigenvalue weighted by molar-refractivity contribution is -0.121. The number of urea groups is 1. The predicted molar refractivity (Wildman–Crippen MR) is 83.4 cm³/mol. The van der Waals surface area contributed by atoms with Crippen molar-refractivity contribution in [1.82, 2.24) is 10.6 Å². The van der Waals surface area contributed by atoms with Gasteiger partial charge in [-0.2, -0.15) is 0 Å². The molecule has 1 aromatic rings. The molecule has 0 bridgehead atoms. The van der Waals surface area contributed by atoms with Crippen LogP contribution in [0.5, 0.6) is 0 Å². The van der Waals surface area contributed by atoms with E-state index in [-0.39, 0.29) is 11.8 Å². The topological polar surface area (TPSA) is 58.2 Å². The van der Waals surface area contributed by atoms with Crippen LogP contribution in [0.2, 0.25) is 5.02 Å². The van der Waals surface area contributed by atoms with Crippen molar-refractivity contribution in [3.05, 3.63) is 34.9 Å². The van der Waals surface area contributed by atoms with Gasteiger partial charge in [-0.15, -0.1) is 0 Å². The number of amides is 3. The van der Waals surface area contributed by atoms with Crippen molar-refractivity contribution in [2.45, 2.75) is 38.0 Å². The summed E-state index contributed by atoms with van der Waals surface area (Å²) in [5.41, 5.74) is 0.871. The van der Waals surface area contributed by atoms with Crippen molar-refractivity contribution in [3.63, 3.8) is 0 Å². The Morgan fingerprint density at radius 1 is 1.33 bits per heavy atom. The Hall–Kier alpha value is -1.55. The zero-order valence-corrected chi connectivity index (χ0v) is 13.0. The Labute approximate surface area is 130 Å². The summed E-state index contributed by atoms with van der Waals surface area (Å²) in [6.07, 6.45) is 5.53. The van der Waals surface area contributed by atoms with E-state index in [2.05, 4.69) is 10.6 Å². The fourth-order valence-electron chi connectivity index (χ4n) is 2.96. The van der Waals surface area contributed by atoms with Crippen LogP contribution in [0.3, 0.4) is 0 Å². The molecule has 1 unspecified atom stereocenters. The first-order chi connectivity index (χ1) is 10.1. The quantitative estimate of drug-likeness (QED) is 0.895. The first kappa shape index (κ1) is 15.8. The van der Waals surface area contributed by atoms with Crippen molar-refractivity contribution < 1.29 is 9.59 Å². The minimum absolute atomic E-state index is 0.261. The third-order valence-electron chi connectivity index (χ3n) is 4.08. The molecule has 0 heterocycles. The van der Waals surface area contributed by atoms with Gasteiger partial charge >= 0.3 is 6.03 Å². The van der Waals surface area contributed by atoms with Crippen molar-refractivity contribution in [1.29, 1.82) is 0 Å². The Morgan fingerprint density at radius 2 is 2.05 bits per heavy atom. The molecule has 0 aliphatic heterocycles. The Morgan fingerprint density at radius 3 is 2.67 bits per heavy atom. The van der Waals surface area contributed by atoms with E-state index in [9.17, 15) is 9.59 Å². The van der Waals surface area contributed by atoms with Crippen LogP contribution in [-0.2, 0) is 4.79 Å². The summed E-state index contributed by atoms with van der Waals surface area (Å²) in [6, 6.07) is 6.86. The second kappa shape index (κ2) is 7.46. The average Bonchev–Trinajstić information content (AvgIpc) is 2.97. The molecule has 2 rings (SSSR count). The zero-order chi connectivity index (χ0) is 15.2. The smallest absolute Gasteiger partial charge is 0.321 e. The highest BCUT2D eigenvalue weighted by molar-refractivity contribution is 6.30. The molecule has 114 valence electrons. The maximum atomic E-state index is 12.4. The van der Waals surface area contributed by atoms with Gasteiger partial charge in [0.15, 0.2) is 0 Å². The molecule has 5 heteroatoms. The maximum Gasteiger partial charge on any atom is 0.321 e. The lowest BCUT2D eigenvalue weighted by Gasteiger charge is -2.20. The van der Waals surface area contributed by atoms with Gasteiger partial charge in [0.1, 0.15) is 0 Å². The number of benzene rings is 1. The van der Waals surface area contributed by atoms with Crippen LogP contribution in [0.4, 0.5) is 4.79 Å². The first-order valence-electron chi connectivity index (χ1n) is 7.38. The molecule has 1 aromatic carbocycles. The van der Waals surface area contributed by atoms with Crippen LogP contribution in [0.25, 0.3) is 0 Å². The Balaban J connectivity index is 2.16. The molecule has 3 amide bonds. The van der Waals surface area contributed by atoms with E-state index in [1.807, 2.05) is 18.2 Å². The highest BCUT2D eigenvalue weighted by Crippen LogP contribution is 2.34. The highest BCUT2D eigenvalue weighted by atomic mass is 35.5. The number of imide groups is 1. The molecule has 1 aliphatic carbocycles. The van der Waals surface area contributed by atoms with E-state index in [4.69, 9.17) is 11.6 Å². The van der Waals surface area contributed by atoms with Gasteiger partial charge in [-0.05, 0) is 30.0 Å². The second-order valence-electron chi connectivity index (χ2n) is 5.56. The van der Waals surface area contributed by atoms with E-state index in [0.29, 0.717) is 10.9 Å². The van der Waals surface area contributed by atoms with Gasteiger partial charge in [-0.3, -0.25) is 10.1 Å². The highest BCUT2D eigenvalue weighted by Gasteiger charge is 2.27. The van der Waals surface area contributed by atoms with Crippen molar-refractivity contribution in [2.24, 2.45) is 5.92 Å². The summed E-state index contributed by atoms with van der Waals surface area (Å²) in [6.45, 7) is 0. The molecule has 21 heavy (non-hydrogen) atoms.